The number of hydrogen-bond donors (Lipinski definition) is 2. The standard InChI is InChI=1S/C8H13N3O3S/c1-2-6(12)3-4-9-8-10-5-7(15-8)11(13)14/h5-6,12H,2-4H2,1H3,(H,9,10). The lowest BCUT2D eigenvalue weighted by molar-refractivity contribution is -0.380. The van der Waals surface area contributed by atoms with Crippen molar-refractivity contribution >= 4 is 21.5 Å². The smallest absolute Gasteiger partial charge is 0.345 e. The highest BCUT2D eigenvalue weighted by Gasteiger charge is 2.10. The first-order valence-electron chi connectivity index (χ1n) is 4.65. The minimum absolute atomic E-state index is 0.0218. The van der Waals surface area contributed by atoms with E-state index in [2.05, 4.69) is 10.3 Å². The van der Waals surface area contributed by atoms with Crippen LogP contribution in [0.2, 0.25) is 0 Å². The van der Waals surface area contributed by atoms with Gasteiger partial charge >= 0.3 is 5.00 Å². The highest BCUT2D eigenvalue weighted by molar-refractivity contribution is 7.18. The van der Waals surface area contributed by atoms with Gasteiger partial charge in [0.25, 0.3) is 0 Å². The first-order chi connectivity index (χ1) is 7.13. The molecule has 6 nitrogen and oxygen atoms in total. The van der Waals surface area contributed by atoms with Crippen molar-refractivity contribution in [3.8, 4) is 0 Å². The molecule has 1 rings (SSSR count). The van der Waals surface area contributed by atoms with Gasteiger partial charge in [-0.25, -0.2) is 4.98 Å². The zero-order valence-electron chi connectivity index (χ0n) is 8.34. The highest BCUT2D eigenvalue weighted by atomic mass is 32.1. The van der Waals surface area contributed by atoms with Crippen LogP contribution in [0.4, 0.5) is 10.1 Å². The van der Waals surface area contributed by atoms with Gasteiger partial charge in [0, 0.05) is 6.54 Å². The monoisotopic (exact) mass is 231 g/mol. The second-order valence-electron chi connectivity index (χ2n) is 3.04. The van der Waals surface area contributed by atoms with E-state index in [1.165, 1.54) is 6.20 Å². The summed E-state index contributed by atoms with van der Waals surface area (Å²) >= 11 is 0.997. The summed E-state index contributed by atoms with van der Waals surface area (Å²) in [5.41, 5.74) is 0. The summed E-state index contributed by atoms with van der Waals surface area (Å²) in [5, 5.41) is 23.1. The average molecular weight is 231 g/mol. The number of aliphatic hydroxyl groups excluding tert-OH is 1. The van der Waals surface area contributed by atoms with E-state index >= 15 is 0 Å². The van der Waals surface area contributed by atoms with Crippen LogP contribution in [-0.4, -0.2) is 27.7 Å². The lowest BCUT2D eigenvalue weighted by Crippen LogP contribution is -2.11. The third kappa shape index (κ3) is 3.80. The summed E-state index contributed by atoms with van der Waals surface area (Å²) in [6, 6.07) is 0. The number of aliphatic hydroxyl groups is 1. The summed E-state index contributed by atoms with van der Waals surface area (Å²) in [6.07, 6.45) is 2.22. The lowest BCUT2D eigenvalue weighted by atomic mass is 10.2. The van der Waals surface area contributed by atoms with E-state index in [1.54, 1.807) is 0 Å². The van der Waals surface area contributed by atoms with Gasteiger partial charge in [0.05, 0.1) is 11.0 Å². The van der Waals surface area contributed by atoms with Crippen LogP contribution in [0.5, 0.6) is 0 Å². The largest absolute Gasteiger partial charge is 0.393 e. The second kappa shape index (κ2) is 5.62. The molecule has 0 bridgehead atoms. The fourth-order valence-corrected chi connectivity index (χ4v) is 1.64. The van der Waals surface area contributed by atoms with Crippen LogP contribution >= 0.6 is 11.3 Å². The number of nitro groups is 1. The molecule has 1 aromatic heterocycles. The van der Waals surface area contributed by atoms with Gasteiger partial charge in [0.15, 0.2) is 5.13 Å². The molecule has 7 heteroatoms. The maximum absolute atomic E-state index is 10.4. The Hall–Kier alpha value is -1.21. The van der Waals surface area contributed by atoms with Crippen molar-refractivity contribution in [2.75, 3.05) is 11.9 Å². The van der Waals surface area contributed by atoms with Gasteiger partial charge in [-0.15, -0.1) is 0 Å². The van der Waals surface area contributed by atoms with E-state index in [0.717, 1.165) is 11.3 Å². The second-order valence-corrected chi connectivity index (χ2v) is 4.05. The Labute approximate surface area is 91.1 Å². The van der Waals surface area contributed by atoms with Crippen molar-refractivity contribution in [3.63, 3.8) is 0 Å². The third-order valence-electron chi connectivity index (χ3n) is 1.90. The van der Waals surface area contributed by atoms with Crippen molar-refractivity contribution < 1.29 is 10.0 Å². The molecule has 1 heterocycles. The molecule has 1 unspecified atom stereocenters. The molecule has 1 atom stereocenters. The molecule has 1 aromatic rings. The zero-order valence-corrected chi connectivity index (χ0v) is 9.16. The summed E-state index contributed by atoms with van der Waals surface area (Å²) in [7, 11) is 0. The van der Waals surface area contributed by atoms with Crippen LogP contribution in [0.1, 0.15) is 19.8 Å². The number of aromatic nitrogens is 1. The van der Waals surface area contributed by atoms with Crippen LogP contribution in [0.3, 0.4) is 0 Å². The fourth-order valence-electron chi connectivity index (χ4n) is 0.982. The Morgan fingerprint density at radius 2 is 2.53 bits per heavy atom. The van der Waals surface area contributed by atoms with E-state index in [1.807, 2.05) is 6.92 Å². The van der Waals surface area contributed by atoms with Crippen LogP contribution in [0.15, 0.2) is 6.20 Å². The predicted molar refractivity (Wildman–Crippen MR) is 58.2 cm³/mol. The van der Waals surface area contributed by atoms with E-state index < -0.39 is 4.92 Å². The van der Waals surface area contributed by atoms with Crippen LogP contribution < -0.4 is 5.32 Å². The Bertz CT molecular complexity index is 329. The fraction of sp³-hybridized carbons (Fsp3) is 0.625. The van der Waals surface area contributed by atoms with Crippen molar-refractivity contribution in [2.24, 2.45) is 0 Å². The molecular weight excluding hydrogens is 218 g/mol. The van der Waals surface area contributed by atoms with Gasteiger partial charge < -0.3 is 10.4 Å². The third-order valence-corrected chi connectivity index (χ3v) is 2.81. The number of anilines is 1. The van der Waals surface area contributed by atoms with E-state index in [4.69, 9.17) is 0 Å². The molecule has 0 aliphatic carbocycles. The molecule has 0 amide bonds. The van der Waals surface area contributed by atoms with Crippen LogP contribution in [0, 0.1) is 10.1 Å². The number of hydrogen-bond acceptors (Lipinski definition) is 6. The van der Waals surface area contributed by atoms with Crippen LogP contribution in [0.25, 0.3) is 0 Å². The maximum Gasteiger partial charge on any atom is 0.345 e. The number of nitrogens with one attached hydrogen (secondary N) is 1. The highest BCUT2D eigenvalue weighted by Crippen LogP contribution is 2.24. The summed E-state index contributed by atoms with van der Waals surface area (Å²) in [6.45, 7) is 2.47. The molecule has 0 spiro atoms. The van der Waals surface area contributed by atoms with Crippen LogP contribution in [-0.2, 0) is 0 Å². The Morgan fingerprint density at radius 1 is 1.80 bits per heavy atom. The Morgan fingerprint density at radius 3 is 3.07 bits per heavy atom. The Balaban J connectivity index is 2.35. The van der Waals surface area contributed by atoms with Gasteiger partial charge in [-0.3, -0.25) is 10.1 Å². The van der Waals surface area contributed by atoms with E-state index in [0.29, 0.717) is 24.5 Å². The normalized spacial score (nSPS) is 12.4. The van der Waals surface area contributed by atoms with E-state index in [9.17, 15) is 15.2 Å². The summed E-state index contributed by atoms with van der Waals surface area (Å²) in [4.78, 5) is 13.7. The minimum atomic E-state index is -0.469. The van der Waals surface area contributed by atoms with Gasteiger partial charge in [-0.05, 0) is 24.2 Å². The maximum atomic E-state index is 10.4. The number of rotatable bonds is 6. The molecule has 0 saturated heterocycles. The van der Waals surface area contributed by atoms with Crippen molar-refractivity contribution in [2.45, 2.75) is 25.9 Å². The van der Waals surface area contributed by atoms with Gasteiger partial charge in [-0.2, -0.15) is 0 Å². The molecule has 0 aliphatic rings. The topological polar surface area (TPSA) is 88.3 Å². The Kier molecular flexibility index (Phi) is 4.44. The van der Waals surface area contributed by atoms with Crippen molar-refractivity contribution in [3.05, 3.63) is 16.3 Å². The zero-order chi connectivity index (χ0) is 11.3. The minimum Gasteiger partial charge on any atom is -0.393 e. The van der Waals surface area contributed by atoms with E-state index in [-0.39, 0.29) is 11.1 Å². The number of nitrogens with zero attached hydrogens (tertiary/aromatic N) is 2. The molecular formula is C8H13N3O3S. The quantitative estimate of drug-likeness (QED) is 0.573. The molecule has 0 fully saturated rings. The predicted octanol–water partition coefficient (Wildman–Crippen LogP) is 1.62. The lowest BCUT2D eigenvalue weighted by Gasteiger charge is -2.06. The first-order valence-corrected chi connectivity index (χ1v) is 5.47. The number of thiazole rings is 1. The van der Waals surface area contributed by atoms with Gasteiger partial charge in [0.2, 0.25) is 0 Å². The molecule has 0 aromatic carbocycles. The summed E-state index contributed by atoms with van der Waals surface area (Å²) < 4.78 is 0. The van der Waals surface area contributed by atoms with Gasteiger partial charge in [-0.1, -0.05) is 6.92 Å². The SMILES string of the molecule is CCC(O)CCNc1ncc([N+](=O)[O-])s1. The molecule has 0 radical (unpaired) electrons. The van der Waals surface area contributed by atoms with Crippen molar-refractivity contribution in [1.82, 2.24) is 4.98 Å². The first kappa shape index (κ1) is 11.9. The van der Waals surface area contributed by atoms with Crippen molar-refractivity contribution in [1.29, 1.82) is 0 Å². The molecule has 15 heavy (non-hydrogen) atoms. The molecule has 0 aliphatic heterocycles. The molecule has 0 saturated carbocycles. The average Bonchev–Trinajstić information content (AvgIpc) is 2.66. The molecule has 2 N–H and O–H groups in total. The summed E-state index contributed by atoms with van der Waals surface area (Å²) in [5.74, 6) is 0. The van der Waals surface area contributed by atoms with Gasteiger partial charge in [0.1, 0.15) is 6.20 Å². The molecule has 84 valence electrons.